The molecular formula is C24H26FN7O. The fraction of sp³-hybridized carbons (Fsp3) is 0.208. The number of piperazine rings is 1. The van der Waals surface area contributed by atoms with Crippen LogP contribution < -0.4 is 20.9 Å². The van der Waals surface area contributed by atoms with Gasteiger partial charge >= 0.3 is 0 Å². The number of hydrogen-bond acceptors (Lipinski definition) is 7. The number of rotatable bonds is 7. The first-order valence-corrected chi connectivity index (χ1v) is 10.6. The molecule has 2 aromatic carbocycles. The van der Waals surface area contributed by atoms with Crippen molar-refractivity contribution in [3.8, 4) is 0 Å². The van der Waals surface area contributed by atoms with Gasteiger partial charge in [-0.25, -0.2) is 9.37 Å². The maximum absolute atomic E-state index is 14.3. The third-order valence-corrected chi connectivity index (χ3v) is 5.34. The van der Waals surface area contributed by atoms with E-state index in [2.05, 4.69) is 61.5 Å². The largest absolute Gasteiger partial charge is 0.369 e. The minimum atomic E-state index is -0.574. The van der Waals surface area contributed by atoms with E-state index in [0.29, 0.717) is 11.4 Å². The lowest BCUT2D eigenvalue weighted by Gasteiger charge is -2.34. The molecule has 0 saturated carbocycles. The molecule has 8 nitrogen and oxygen atoms in total. The Morgan fingerprint density at radius 2 is 1.58 bits per heavy atom. The highest BCUT2D eigenvalue weighted by molar-refractivity contribution is 5.98. The maximum atomic E-state index is 14.3. The van der Waals surface area contributed by atoms with Crippen LogP contribution in [0, 0.1) is 5.82 Å². The molecule has 4 rings (SSSR count). The van der Waals surface area contributed by atoms with E-state index >= 15 is 0 Å². The van der Waals surface area contributed by atoms with E-state index in [0.717, 1.165) is 38.1 Å². The summed E-state index contributed by atoms with van der Waals surface area (Å²) in [5.41, 5.74) is 3.21. The second kappa shape index (κ2) is 10.1. The van der Waals surface area contributed by atoms with Gasteiger partial charge in [0.25, 0.3) is 0 Å². The molecule has 9 heteroatoms. The van der Waals surface area contributed by atoms with Gasteiger partial charge in [0.15, 0.2) is 11.6 Å². The molecule has 1 fully saturated rings. The molecule has 3 N–H and O–H groups in total. The predicted molar refractivity (Wildman–Crippen MR) is 130 cm³/mol. The Morgan fingerprint density at radius 3 is 2.24 bits per heavy atom. The molecule has 170 valence electrons. The standard InChI is InChI=1S/C24H26FN7O/c1-3-22(33)27-17-4-6-18(7-5-17)28-23-21(25)16-26-24(30-23)29-19-8-10-20(11-9-19)32-14-12-31(2)13-15-32/h3-11,16H,1,12-15H2,2H3,(H,27,33)(H2,26,28,29,30). The molecular weight excluding hydrogens is 421 g/mol. The first-order valence-electron chi connectivity index (χ1n) is 10.6. The normalized spacial score (nSPS) is 13.9. The first-order chi connectivity index (χ1) is 16.0. The molecule has 0 atom stereocenters. The van der Waals surface area contributed by atoms with Crippen LogP contribution in [-0.2, 0) is 4.79 Å². The van der Waals surface area contributed by atoms with Crippen molar-refractivity contribution in [2.75, 3.05) is 54.1 Å². The molecule has 0 bridgehead atoms. The van der Waals surface area contributed by atoms with Crippen molar-refractivity contribution >= 4 is 40.4 Å². The van der Waals surface area contributed by atoms with Crippen molar-refractivity contribution in [2.45, 2.75) is 0 Å². The van der Waals surface area contributed by atoms with Crippen molar-refractivity contribution in [3.63, 3.8) is 0 Å². The van der Waals surface area contributed by atoms with E-state index in [1.165, 1.54) is 11.8 Å². The minimum absolute atomic E-state index is 0.0458. The zero-order valence-electron chi connectivity index (χ0n) is 18.4. The third kappa shape index (κ3) is 5.83. The summed E-state index contributed by atoms with van der Waals surface area (Å²) in [6.45, 7) is 7.51. The van der Waals surface area contributed by atoms with Gasteiger partial charge in [-0.3, -0.25) is 4.79 Å². The van der Waals surface area contributed by atoms with Crippen molar-refractivity contribution < 1.29 is 9.18 Å². The van der Waals surface area contributed by atoms with Gasteiger partial charge in [0.2, 0.25) is 11.9 Å². The van der Waals surface area contributed by atoms with Gasteiger partial charge in [-0.1, -0.05) is 6.58 Å². The van der Waals surface area contributed by atoms with Gasteiger partial charge in [0.1, 0.15) is 0 Å². The number of nitrogens with zero attached hydrogens (tertiary/aromatic N) is 4. The van der Waals surface area contributed by atoms with Crippen molar-refractivity contribution in [1.82, 2.24) is 14.9 Å². The van der Waals surface area contributed by atoms with Gasteiger partial charge in [-0.2, -0.15) is 4.98 Å². The highest BCUT2D eigenvalue weighted by atomic mass is 19.1. The number of halogens is 1. The highest BCUT2D eigenvalue weighted by Crippen LogP contribution is 2.24. The third-order valence-electron chi connectivity index (χ3n) is 5.34. The molecule has 2 heterocycles. The fourth-order valence-corrected chi connectivity index (χ4v) is 3.43. The quantitative estimate of drug-likeness (QED) is 0.473. The van der Waals surface area contributed by atoms with E-state index in [-0.39, 0.29) is 17.7 Å². The van der Waals surface area contributed by atoms with Gasteiger partial charge in [0, 0.05) is 48.9 Å². The van der Waals surface area contributed by atoms with Crippen molar-refractivity contribution in [1.29, 1.82) is 0 Å². The Hall–Kier alpha value is -3.98. The fourth-order valence-electron chi connectivity index (χ4n) is 3.43. The average molecular weight is 448 g/mol. The van der Waals surface area contributed by atoms with Crippen LogP contribution in [0.1, 0.15) is 0 Å². The monoisotopic (exact) mass is 447 g/mol. The van der Waals surface area contributed by atoms with Gasteiger partial charge in [-0.05, 0) is 61.7 Å². The van der Waals surface area contributed by atoms with Crippen molar-refractivity contribution in [3.05, 3.63) is 73.2 Å². The van der Waals surface area contributed by atoms with E-state index in [9.17, 15) is 9.18 Å². The van der Waals surface area contributed by atoms with Crippen LogP contribution in [0.5, 0.6) is 0 Å². The summed E-state index contributed by atoms with van der Waals surface area (Å²) >= 11 is 0. The molecule has 33 heavy (non-hydrogen) atoms. The highest BCUT2D eigenvalue weighted by Gasteiger charge is 2.14. The van der Waals surface area contributed by atoms with E-state index < -0.39 is 5.82 Å². The van der Waals surface area contributed by atoms with Crippen LogP contribution in [0.25, 0.3) is 0 Å². The SMILES string of the molecule is C=CC(=O)Nc1ccc(Nc2nc(Nc3ccc(N4CCN(C)CC4)cc3)ncc2F)cc1. The number of anilines is 6. The van der Waals surface area contributed by atoms with Crippen LogP contribution in [-0.4, -0.2) is 54.0 Å². The number of aromatic nitrogens is 2. The Bertz CT molecular complexity index is 1110. The Labute approximate surface area is 192 Å². The van der Waals surface area contributed by atoms with Crippen LogP contribution in [0.2, 0.25) is 0 Å². The van der Waals surface area contributed by atoms with E-state index in [4.69, 9.17) is 0 Å². The topological polar surface area (TPSA) is 85.4 Å². The summed E-state index contributed by atoms with van der Waals surface area (Å²) in [6, 6.07) is 14.9. The van der Waals surface area contributed by atoms with Crippen LogP contribution in [0.4, 0.5) is 38.9 Å². The van der Waals surface area contributed by atoms with Crippen molar-refractivity contribution in [2.24, 2.45) is 0 Å². The molecule has 1 aliphatic heterocycles. The number of likely N-dealkylation sites (N-methyl/N-ethyl adjacent to an activating group) is 1. The molecule has 0 unspecified atom stereocenters. The second-order valence-corrected chi connectivity index (χ2v) is 7.75. The van der Waals surface area contributed by atoms with Gasteiger partial charge < -0.3 is 25.8 Å². The summed E-state index contributed by atoms with van der Waals surface area (Å²) in [6.07, 6.45) is 2.31. The molecule has 1 aliphatic rings. The summed E-state index contributed by atoms with van der Waals surface area (Å²) in [7, 11) is 2.13. The van der Waals surface area contributed by atoms with Gasteiger partial charge in [-0.15, -0.1) is 0 Å². The number of carbonyl (C=O) groups excluding carboxylic acids is 1. The van der Waals surface area contributed by atoms with Gasteiger partial charge in [0.05, 0.1) is 6.20 Å². The number of carbonyl (C=O) groups is 1. The summed E-state index contributed by atoms with van der Waals surface area (Å²) < 4.78 is 14.3. The Morgan fingerprint density at radius 1 is 0.970 bits per heavy atom. The molecule has 0 radical (unpaired) electrons. The summed E-state index contributed by atoms with van der Waals surface area (Å²) in [4.78, 5) is 24.4. The predicted octanol–water partition coefficient (Wildman–Crippen LogP) is 3.98. The lowest BCUT2D eigenvalue weighted by atomic mass is 10.2. The minimum Gasteiger partial charge on any atom is -0.369 e. The first kappa shape index (κ1) is 22.2. The molecule has 0 aliphatic carbocycles. The maximum Gasteiger partial charge on any atom is 0.247 e. The Kier molecular flexibility index (Phi) is 6.80. The van der Waals surface area contributed by atoms with Crippen LogP contribution >= 0.6 is 0 Å². The molecule has 1 amide bonds. The van der Waals surface area contributed by atoms with Crippen LogP contribution in [0.15, 0.2) is 67.4 Å². The molecule has 1 aromatic heterocycles. The number of amides is 1. The zero-order valence-corrected chi connectivity index (χ0v) is 18.4. The smallest absolute Gasteiger partial charge is 0.247 e. The average Bonchev–Trinajstić information content (AvgIpc) is 2.83. The molecule has 3 aromatic rings. The zero-order chi connectivity index (χ0) is 23.2. The summed E-state index contributed by atoms with van der Waals surface area (Å²) in [5.74, 6) is -0.551. The van der Waals surface area contributed by atoms with E-state index in [1.54, 1.807) is 24.3 Å². The number of hydrogen-bond donors (Lipinski definition) is 3. The lowest BCUT2D eigenvalue weighted by Crippen LogP contribution is -2.44. The summed E-state index contributed by atoms with van der Waals surface area (Å²) in [5, 5.41) is 8.72. The number of nitrogens with one attached hydrogen (secondary N) is 3. The lowest BCUT2D eigenvalue weighted by molar-refractivity contribution is -0.111. The van der Waals surface area contributed by atoms with Crippen LogP contribution in [0.3, 0.4) is 0 Å². The second-order valence-electron chi connectivity index (χ2n) is 7.75. The number of benzene rings is 2. The molecule has 1 saturated heterocycles. The molecule has 0 spiro atoms. The van der Waals surface area contributed by atoms with E-state index in [1.807, 2.05) is 12.1 Å². The Balaban J connectivity index is 1.41.